The van der Waals surface area contributed by atoms with Gasteiger partial charge in [-0.25, -0.2) is 0 Å². The molecule has 2 amide bonds. The van der Waals surface area contributed by atoms with Crippen LogP contribution in [0.25, 0.3) is 0 Å². The lowest BCUT2D eigenvalue weighted by molar-refractivity contribution is -0.195. The Morgan fingerprint density at radius 3 is 1.42 bits per heavy atom. The van der Waals surface area contributed by atoms with Crippen LogP contribution in [0.15, 0.2) is 60.7 Å². The number of amides is 2. The van der Waals surface area contributed by atoms with Crippen molar-refractivity contribution >= 4 is 23.2 Å². The summed E-state index contributed by atoms with van der Waals surface area (Å²) in [6.07, 6.45) is -1.26. The third-order valence-corrected chi connectivity index (χ3v) is 5.13. The number of hydrogen-bond acceptors (Lipinski definition) is 4. The van der Waals surface area contributed by atoms with Crippen molar-refractivity contribution in [2.45, 2.75) is 37.5 Å². The minimum absolute atomic E-state index is 0.0243. The van der Waals surface area contributed by atoms with Gasteiger partial charge in [-0.15, -0.1) is 0 Å². The molecule has 132 valence electrons. The van der Waals surface area contributed by atoms with Crippen LogP contribution in [0.3, 0.4) is 0 Å². The fourth-order valence-corrected chi connectivity index (χ4v) is 4.00. The molecule has 0 saturated carbocycles. The van der Waals surface area contributed by atoms with E-state index in [9.17, 15) is 9.59 Å². The van der Waals surface area contributed by atoms with Gasteiger partial charge in [0.1, 0.15) is 12.2 Å². The van der Waals surface area contributed by atoms with Crippen molar-refractivity contribution in [1.82, 2.24) is 0 Å². The van der Waals surface area contributed by atoms with Gasteiger partial charge in [0.15, 0.2) is 12.5 Å². The van der Waals surface area contributed by atoms with Crippen LogP contribution in [0, 0.1) is 0 Å². The van der Waals surface area contributed by atoms with Crippen LogP contribution < -0.4 is 9.80 Å². The van der Waals surface area contributed by atoms with E-state index in [0.717, 1.165) is 11.4 Å². The first-order valence-corrected chi connectivity index (χ1v) is 8.77. The summed E-state index contributed by atoms with van der Waals surface area (Å²) in [5, 5.41) is 0. The third kappa shape index (κ3) is 2.34. The lowest BCUT2D eigenvalue weighted by Crippen LogP contribution is -2.54. The van der Waals surface area contributed by atoms with Crippen molar-refractivity contribution in [3.8, 4) is 0 Å². The van der Waals surface area contributed by atoms with Crippen molar-refractivity contribution < 1.29 is 19.1 Å². The molecule has 0 aromatic heterocycles. The fourth-order valence-electron chi connectivity index (χ4n) is 4.00. The van der Waals surface area contributed by atoms with E-state index in [0.29, 0.717) is 0 Å². The summed E-state index contributed by atoms with van der Waals surface area (Å²) in [5.41, 5.74) is 1.58. The molecular formula is C20H18N2O4. The molecule has 5 rings (SSSR count). The number of carbonyl (C=O) groups is 2. The molecule has 0 spiro atoms. The molecule has 4 atom stereocenters. The van der Waals surface area contributed by atoms with Gasteiger partial charge in [0.25, 0.3) is 0 Å². The maximum absolute atomic E-state index is 12.6. The summed E-state index contributed by atoms with van der Waals surface area (Å²) in [6.45, 7) is 0. The summed E-state index contributed by atoms with van der Waals surface area (Å²) >= 11 is 0. The zero-order valence-electron chi connectivity index (χ0n) is 14.0. The van der Waals surface area contributed by atoms with Crippen LogP contribution in [0.4, 0.5) is 11.4 Å². The van der Waals surface area contributed by atoms with E-state index in [2.05, 4.69) is 0 Å². The summed E-state index contributed by atoms with van der Waals surface area (Å²) in [4.78, 5) is 28.4. The normalized spacial score (nSPS) is 30.5. The van der Waals surface area contributed by atoms with E-state index in [1.165, 1.54) is 0 Å². The summed E-state index contributed by atoms with van der Waals surface area (Å²) in [5.74, 6) is -0.0486. The molecule has 0 N–H and O–H groups in total. The SMILES string of the molecule is O=C1C[C@H]2O[C@@H]3[C@@H](CC(=O)N3c3ccccc3)O[C@H]2N1c1ccccc1. The van der Waals surface area contributed by atoms with Crippen molar-refractivity contribution in [2.75, 3.05) is 9.80 Å². The molecule has 3 saturated heterocycles. The van der Waals surface area contributed by atoms with Gasteiger partial charge < -0.3 is 9.47 Å². The number of anilines is 2. The second kappa shape index (κ2) is 5.93. The number of carbonyl (C=O) groups excluding carboxylic acids is 2. The maximum Gasteiger partial charge on any atom is 0.231 e. The minimum Gasteiger partial charge on any atom is -0.347 e. The molecule has 0 bridgehead atoms. The van der Waals surface area contributed by atoms with E-state index in [1.807, 2.05) is 60.7 Å². The van der Waals surface area contributed by atoms with Gasteiger partial charge in [0.05, 0.1) is 12.8 Å². The van der Waals surface area contributed by atoms with Crippen molar-refractivity contribution in [2.24, 2.45) is 0 Å². The Balaban J connectivity index is 1.44. The Labute approximate surface area is 150 Å². The molecule has 3 fully saturated rings. The lowest BCUT2D eigenvalue weighted by Gasteiger charge is -2.40. The largest absolute Gasteiger partial charge is 0.347 e. The average molecular weight is 350 g/mol. The van der Waals surface area contributed by atoms with Gasteiger partial charge in [-0.3, -0.25) is 19.4 Å². The minimum atomic E-state index is -0.491. The van der Waals surface area contributed by atoms with Gasteiger partial charge in [0.2, 0.25) is 11.8 Å². The third-order valence-electron chi connectivity index (χ3n) is 5.13. The molecule has 6 nitrogen and oxygen atoms in total. The summed E-state index contributed by atoms with van der Waals surface area (Å²) in [6, 6.07) is 18.9. The first-order chi connectivity index (χ1) is 12.7. The number of hydrogen-bond donors (Lipinski definition) is 0. The summed E-state index contributed by atoms with van der Waals surface area (Å²) < 4.78 is 12.4. The highest BCUT2D eigenvalue weighted by atomic mass is 16.6. The molecule has 6 heteroatoms. The molecule has 3 aliphatic rings. The van der Waals surface area contributed by atoms with Crippen molar-refractivity contribution in [3.05, 3.63) is 60.7 Å². The second-order valence-electron chi connectivity index (χ2n) is 6.74. The Morgan fingerprint density at radius 2 is 1.04 bits per heavy atom. The molecule has 0 aliphatic carbocycles. The predicted octanol–water partition coefficient (Wildman–Crippen LogP) is 2.30. The number of para-hydroxylation sites is 2. The van der Waals surface area contributed by atoms with Gasteiger partial charge >= 0.3 is 0 Å². The smallest absolute Gasteiger partial charge is 0.231 e. The topological polar surface area (TPSA) is 59.1 Å². The van der Waals surface area contributed by atoms with E-state index < -0.39 is 12.5 Å². The molecule has 2 aromatic rings. The Hall–Kier alpha value is -2.70. The molecule has 0 radical (unpaired) electrons. The molecule has 3 heterocycles. The molecule has 3 aliphatic heterocycles. The standard InChI is InChI=1S/C20H18N2O4/c23-17-11-15-19(21(17)13-7-3-1-4-8-13)25-16-12-18(24)22(20(16)26-15)14-9-5-2-6-10-14/h1-10,15-16,19-20H,11-12H2/t15-,16-,19-,20-/m1/s1. The Morgan fingerprint density at radius 1 is 0.654 bits per heavy atom. The Kier molecular flexibility index (Phi) is 3.55. The maximum atomic E-state index is 12.6. The van der Waals surface area contributed by atoms with E-state index in [1.54, 1.807) is 9.80 Å². The van der Waals surface area contributed by atoms with Crippen LogP contribution in [0.5, 0.6) is 0 Å². The highest BCUT2D eigenvalue weighted by molar-refractivity contribution is 5.98. The van der Waals surface area contributed by atoms with Crippen molar-refractivity contribution in [3.63, 3.8) is 0 Å². The Bertz CT molecular complexity index is 770. The van der Waals surface area contributed by atoms with Gasteiger partial charge in [-0.05, 0) is 24.3 Å². The van der Waals surface area contributed by atoms with Crippen LogP contribution in [-0.4, -0.2) is 36.5 Å². The number of ether oxygens (including phenoxy) is 2. The van der Waals surface area contributed by atoms with Gasteiger partial charge in [-0.2, -0.15) is 0 Å². The fraction of sp³-hybridized carbons (Fsp3) is 0.300. The molecular weight excluding hydrogens is 332 g/mol. The number of nitrogens with zero attached hydrogens (tertiary/aromatic N) is 2. The number of fused-ring (bicyclic) bond motifs is 2. The number of rotatable bonds is 2. The van der Waals surface area contributed by atoms with Crippen LogP contribution >= 0.6 is 0 Å². The van der Waals surface area contributed by atoms with E-state index in [4.69, 9.17) is 9.47 Å². The first-order valence-electron chi connectivity index (χ1n) is 8.77. The highest BCUT2D eigenvalue weighted by Gasteiger charge is 2.54. The molecule has 26 heavy (non-hydrogen) atoms. The molecule has 2 aromatic carbocycles. The second-order valence-corrected chi connectivity index (χ2v) is 6.74. The quantitative estimate of drug-likeness (QED) is 0.834. The van der Waals surface area contributed by atoms with Gasteiger partial charge in [0, 0.05) is 11.4 Å². The van der Waals surface area contributed by atoms with E-state index in [-0.39, 0.29) is 36.9 Å². The van der Waals surface area contributed by atoms with Crippen molar-refractivity contribution in [1.29, 1.82) is 0 Å². The van der Waals surface area contributed by atoms with Gasteiger partial charge in [-0.1, -0.05) is 36.4 Å². The highest BCUT2D eigenvalue weighted by Crippen LogP contribution is 2.40. The number of benzene rings is 2. The molecule has 0 unspecified atom stereocenters. The first kappa shape index (κ1) is 15.5. The average Bonchev–Trinajstić information content (AvgIpc) is 3.15. The van der Waals surface area contributed by atoms with Crippen LogP contribution in [0.2, 0.25) is 0 Å². The summed E-state index contributed by atoms with van der Waals surface area (Å²) in [7, 11) is 0. The monoisotopic (exact) mass is 350 g/mol. The lowest BCUT2D eigenvalue weighted by atomic mass is 10.2. The van der Waals surface area contributed by atoms with Crippen LogP contribution in [0.1, 0.15) is 12.8 Å². The van der Waals surface area contributed by atoms with Crippen LogP contribution in [-0.2, 0) is 19.1 Å². The van der Waals surface area contributed by atoms with E-state index >= 15 is 0 Å². The zero-order chi connectivity index (χ0) is 17.7. The zero-order valence-corrected chi connectivity index (χ0v) is 14.0. The predicted molar refractivity (Wildman–Crippen MR) is 94.4 cm³/mol.